The Hall–Kier alpha value is -3.13. The predicted octanol–water partition coefficient (Wildman–Crippen LogP) is 3.75. The van der Waals surface area contributed by atoms with E-state index in [9.17, 15) is 22.8 Å². The molecule has 0 aromatic heterocycles. The number of carbonyl (C=O) groups excluding carboxylic acids is 2. The van der Waals surface area contributed by atoms with E-state index in [1.54, 1.807) is 42.5 Å². The number of benzene rings is 1. The van der Waals surface area contributed by atoms with Gasteiger partial charge in [0.2, 0.25) is 0 Å². The maximum Gasteiger partial charge on any atom is 0.430 e. The van der Waals surface area contributed by atoms with Crippen molar-refractivity contribution >= 4 is 11.9 Å². The third kappa shape index (κ3) is 5.07. The van der Waals surface area contributed by atoms with Crippen LogP contribution in [0.1, 0.15) is 12.0 Å². The van der Waals surface area contributed by atoms with Crippen LogP contribution in [0.5, 0.6) is 0 Å². The molecule has 30 heavy (non-hydrogen) atoms. The van der Waals surface area contributed by atoms with Gasteiger partial charge in [-0.3, -0.25) is 4.79 Å². The Morgan fingerprint density at radius 2 is 1.63 bits per heavy atom. The fraction of sp³-hybridized carbons (Fsp3) is 0.273. The summed E-state index contributed by atoms with van der Waals surface area (Å²) in [5.74, 6) is -2.38. The number of carbonyl (C=O) groups is 2. The number of amides is 1. The fourth-order valence-electron chi connectivity index (χ4n) is 3.00. The highest BCUT2D eigenvalue weighted by molar-refractivity contribution is 5.91. The first-order valence-electron chi connectivity index (χ1n) is 9.03. The lowest BCUT2D eigenvalue weighted by Gasteiger charge is -2.34. The average Bonchev–Trinajstić information content (AvgIpc) is 2.69. The van der Waals surface area contributed by atoms with Gasteiger partial charge in [0.25, 0.3) is 11.5 Å². The molecule has 0 fully saturated rings. The molecule has 1 amide bonds. The topological polar surface area (TPSA) is 64.6 Å². The van der Waals surface area contributed by atoms with Gasteiger partial charge in [-0.25, -0.2) is 4.79 Å². The van der Waals surface area contributed by atoms with Gasteiger partial charge in [0.15, 0.2) is 0 Å². The summed E-state index contributed by atoms with van der Waals surface area (Å²) in [4.78, 5) is 25.1. The summed E-state index contributed by atoms with van der Waals surface area (Å²) >= 11 is 0. The van der Waals surface area contributed by atoms with E-state index in [-0.39, 0.29) is 6.42 Å². The van der Waals surface area contributed by atoms with Crippen LogP contribution in [0.4, 0.5) is 13.2 Å². The minimum atomic E-state index is -5.08. The molecule has 2 atom stereocenters. The molecule has 2 rings (SSSR count). The molecule has 1 aromatic carbocycles. The van der Waals surface area contributed by atoms with Crippen molar-refractivity contribution in [1.29, 1.82) is 0 Å². The van der Waals surface area contributed by atoms with Gasteiger partial charge in [0.1, 0.15) is 6.04 Å². The molecule has 1 N–H and O–H groups in total. The molecule has 0 bridgehead atoms. The van der Waals surface area contributed by atoms with Crippen LogP contribution in [0.15, 0.2) is 78.4 Å². The van der Waals surface area contributed by atoms with Crippen LogP contribution < -0.4 is 5.32 Å². The molecule has 1 unspecified atom stereocenters. The van der Waals surface area contributed by atoms with Gasteiger partial charge >= 0.3 is 12.1 Å². The summed E-state index contributed by atoms with van der Waals surface area (Å²) < 4.78 is 51.6. The largest absolute Gasteiger partial charge is 0.467 e. The zero-order chi connectivity index (χ0) is 22.2. The van der Waals surface area contributed by atoms with Gasteiger partial charge in [-0.15, -0.1) is 0 Å². The number of nitrogens with one attached hydrogen (secondary N) is 1. The van der Waals surface area contributed by atoms with E-state index in [4.69, 9.17) is 4.74 Å². The molecular formula is C22H22F3NO4. The lowest BCUT2D eigenvalue weighted by atomic mass is 9.91. The first-order chi connectivity index (χ1) is 14.3. The molecule has 5 nitrogen and oxygen atoms in total. The van der Waals surface area contributed by atoms with Crippen LogP contribution >= 0.6 is 0 Å². The van der Waals surface area contributed by atoms with Crippen LogP contribution in [0.2, 0.25) is 0 Å². The second kappa shape index (κ2) is 10.1. The van der Waals surface area contributed by atoms with Crippen molar-refractivity contribution in [2.45, 2.75) is 24.2 Å². The number of hydrogen-bond acceptors (Lipinski definition) is 4. The summed E-state index contributed by atoms with van der Waals surface area (Å²) in [7, 11) is 1.89. The zero-order valence-electron chi connectivity index (χ0n) is 16.5. The molecule has 1 aliphatic rings. The Morgan fingerprint density at radius 3 is 2.23 bits per heavy atom. The highest BCUT2D eigenvalue weighted by Gasteiger charge is 2.63. The molecule has 0 aliphatic heterocycles. The van der Waals surface area contributed by atoms with E-state index in [1.165, 1.54) is 18.2 Å². The molecule has 0 saturated heterocycles. The molecule has 0 radical (unpaired) electrons. The Morgan fingerprint density at radius 1 is 1.00 bits per heavy atom. The van der Waals surface area contributed by atoms with Crippen LogP contribution in [0, 0.1) is 0 Å². The molecule has 0 spiro atoms. The van der Waals surface area contributed by atoms with Crippen molar-refractivity contribution in [3.63, 3.8) is 0 Å². The third-order valence-corrected chi connectivity index (χ3v) is 4.50. The average molecular weight is 421 g/mol. The molecular weight excluding hydrogens is 399 g/mol. The number of alkyl halides is 3. The highest BCUT2D eigenvalue weighted by atomic mass is 19.4. The second-order valence-corrected chi connectivity index (χ2v) is 6.37. The van der Waals surface area contributed by atoms with Crippen molar-refractivity contribution in [3.8, 4) is 0 Å². The van der Waals surface area contributed by atoms with Crippen molar-refractivity contribution < 1.29 is 32.2 Å². The van der Waals surface area contributed by atoms with Gasteiger partial charge in [0, 0.05) is 19.1 Å². The lowest BCUT2D eigenvalue weighted by Crippen LogP contribution is -2.58. The fourth-order valence-corrected chi connectivity index (χ4v) is 3.00. The minimum Gasteiger partial charge on any atom is -0.467 e. The summed E-state index contributed by atoms with van der Waals surface area (Å²) in [5, 5.41) is 2.17. The molecule has 160 valence electrons. The standard InChI is InChI=1S/C22H22F3NO4/c1-29-19(27)18(15-16-11-7-4-3-5-8-12-16)26-20(28)21(30-2,22(23,24)25)17-13-9-6-10-14-17/h3-14,18H,15H2,1-2H3,(H,26,28)/b4-3-,5-3?,7-4?,8-5-,11-7-,12-8?,16-11?,16-12+/t18-,21?/m0/s1. The number of allylic oxidation sites excluding steroid dienone is 7. The zero-order valence-corrected chi connectivity index (χ0v) is 16.5. The Kier molecular flexibility index (Phi) is 7.77. The van der Waals surface area contributed by atoms with Gasteiger partial charge in [-0.2, -0.15) is 13.2 Å². The smallest absolute Gasteiger partial charge is 0.430 e. The third-order valence-electron chi connectivity index (χ3n) is 4.50. The first kappa shape index (κ1) is 23.2. The number of esters is 1. The Bertz CT molecular complexity index is 872. The van der Waals surface area contributed by atoms with E-state index in [0.29, 0.717) is 5.57 Å². The highest BCUT2D eigenvalue weighted by Crippen LogP contribution is 2.42. The number of hydrogen-bond donors (Lipinski definition) is 1. The second-order valence-electron chi connectivity index (χ2n) is 6.37. The van der Waals surface area contributed by atoms with Crippen LogP contribution in [0.25, 0.3) is 0 Å². The van der Waals surface area contributed by atoms with Gasteiger partial charge in [-0.1, -0.05) is 72.9 Å². The summed E-state index contributed by atoms with van der Waals surface area (Å²) in [5.41, 5.74) is -3.07. The van der Waals surface area contributed by atoms with E-state index >= 15 is 0 Å². The molecule has 0 heterocycles. The van der Waals surface area contributed by atoms with Crippen LogP contribution in [-0.2, 0) is 24.7 Å². The Balaban J connectivity index is 2.39. The quantitative estimate of drug-likeness (QED) is 0.682. The Labute approximate surface area is 172 Å². The monoisotopic (exact) mass is 421 g/mol. The van der Waals surface area contributed by atoms with Gasteiger partial charge in [-0.05, 0) is 5.57 Å². The lowest BCUT2D eigenvalue weighted by molar-refractivity contribution is -0.266. The van der Waals surface area contributed by atoms with Crippen molar-refractivity contribution in [3.05, 3.63) is 84.0 Å². The summed E-state index contributed by atoms with van der Waals surface area (Å²) in [6, 6.07) is 5.18. The van der Waals surface area contributed by atoms with Gasteiger partial charge < -0.3 is 14.8 Å². The first-order valence-corrected chi connectivity index (χ1v) is 9.03. The van der Waals surface area contributed by atoms with E-state index < -0.39 is 35.3 Å². The number of halogens is 3. The maximum absolute atomic E-state index is 14.1. The molecule has 1 aromatic rings. The molecule has 1 aliphatic carbocycles. The van der Waals surface area contributed by atoms with Crippen molar-refractivity contribution in [1.82, 2.24) is 5.32 Å². The molecule has 8 heteroatoms. The van der Waals surface area contributed by atoms with Crippen molar-refractivity contribution in [2.75, 3.05) is 14.2 Å². The van der Waals surface area contributed by atoms with Crippen LogP contribution in [0.3, 0.4) is 0 Å². The van der Waals surface area contributed by atoms with E-state index in [2.05, 4.69) is 10.1 Å². The predicted molar refractivity (Wildman–Crippen MR) is 105 cm³/mol. The SMILES string of the molecule is COC(=O)[C@H](CC1=C/C=C\C=C/C=C\1)NC(=O)C(OC)(c1ccccc1)C(F)(F)F. The molecule has 0 saturated carbocycles. The van der Waals surface area contributed by atoms with Crippen LogP contribution in [-0.4, -0.2) is 38.3 Å². The number of ether oxygens (including phenoxy) is 2. The normalized spacial score (nSPS) is 21.6. The van der Waals surface area contributed by atoms with Crippen molar-refractivity contribution in [2.24, 2.45) is 0 Å². The summed E-state index contributed by atoms with van der Waals surface area (Å²) in [6.45, 7) is 0. The van der Waals surface area contributed by atoms with Gasteiger partial charge in [0.05, 0.1) is 7.11 Å². The number of rotatable bonds is 7. The minimum absolute atomic E-state index is 0.0699. The van der Waals surface area contributed by atoms with E-state index in [1.807, 2.05) is 0 Å². The number of methoxy groups -OCH3 is 2. The van der Waals surface area contributed by atoms with E-state index in [0.717, 1.165) is 26.4 Å². The maximum atomic E-state index is 14.1. The summed E-state index contributed by atoms with van der Waals surface area (Å²) in [6.07, 6.45) is 6.95.